The van der Waals surface area contributed by atoms with Gasteiger partial charge in [0.1, 0.15) is 5.37 Å². The van der Waals surface area contributed by atoms with Crippen LogP contribution in [0.3, 0.4) is 0 Å². The topological polar surface area (TPSA) is 52.6 Å². The van der Waals surface area contributed by atoms with Crippen molar-refractivity contribution in [3.63, 3.8) is 0 Å². The van der Waals surface area contributed by atoms with E-state index in [4.69, 9.17) is 11.6 Å². The van der Waals surface area contributed by atoms with Gasteiger partial charge in [-0.25, -0.2) is 4.79 Å². The summed E-state index contributed by atoms with van der Waals surface area (Å²) in [6.07, 6.45) is 0.784. The second-order valence-corrected chi connectivity index (χ2v) is 8.32. The van der Waals surface area contributed by atoms with Gasteiger partial charge in [0.2, 0.25) is 5.91 Å². The van der Waals surface area contributed by atoms with E-state index in [1.807, 2.05) is 56.9 Å². The van der Waals surface area contributed by atoms with Crippen molar-refractivity contribution >= 4 is 35.3 Å². The minimum absolute atomic E-state index is 0.0594. The highest BCUT2D eigenvalue weighted by Gasteiger charge is 2.40. The number of nitrogens with zero attached hydrogens (tertiary/aromatic N) is 2. The number of thioether (sulfide) groups is 1. The van der Waals surface area contributed by atoms with Crippen molar-refractivity contribution in [1.82, 2.24) is 15.1 Å². The number of hydrogen-bond acceptors (Lipinski definition) is 3. The lowest BCUT2D eigenvalue weighted by Crippen LogP contribution is -2.46. The van der Waals surface area contributed by atoms with Crippen LogP contribution in [-0.4, -0.2) is 52.7 Å². The van der Waals surface area contributed by atoms with Crippen molar-refractivity contribution < 1.29 is 9.59 Å². The molecule has 1 fully saturated rings. The molecule has 7 heteroatoms. The Kier molecular flexibility index (Phi) is 7.65. The second-order valence-electron chi connectivity index (χ2n) is 6.62. The van der Waals surface area contributed by atoms with Gasteiger partial charge in [-0.15, -0.1) is 11.8 Å². The van der Waals surface area contributed by atoms with Crippen LogP contribution in [-0.2, 0) is 4.79 Å². The first-order valence-corrected chi connectivity index (χ1v) is 10.5. The number of halogens is 1. The molecule has 144 valence electrons. The van der Waals surface area contributed by atoms with E-state index in [0.717, 1.165) is 12.0 Å². The zero-order valence-electron chi connectivity index (χ0n) is 15.9. The number of rotatable bonds is 7. The molecule has 1 aromatic rings. The van der Waals surface area contributed by atoms with Crippen molar-refractivity contribution in [3.8, 4) is 0 Å². The summed E-state index contributed by atoms with van der Waals surface area (Å²) in [5.74, 6) is 0.128. The zero-order valence-corrected chi connectivity index (χ0v) is 17.4. The summed E-state index contributed by atoms with van der Waals surface area (Å²) >= 11 is 8.03. The third kappa shape index (κ3) is 4.86. The van der Waals surface area contributed by atoms with E-state index in [1.54, 1.807) is 16.7 Å². The molecule has 0 radical (unpaired) electrons. The maximum atomic E-state index is 12.8. The van der Waals surface area contributed by atoms with Crippen LogP contribution >= 0.6 is 23.4 Å². The van der Waals surface area contributed by atoms with Crippen molar-refractivity contribution in [1.29, 1.82) is 0 Å². The van der Waals surface area contributed by atoms with Gasteiger partial charge in [-0.3, -0.25) is 4.79 Å². The SMILES string of the molecule is CC[C@@H]1S[C@@H](c2ccccc2Cl)N(CCN(CC)C(=O)NC(C)C)C1=O. The molecule has 0 aromatic heterocycles. The van der Waals surface area contributed by atoms with E-state index in [2.05, 4.69) is 5.32 Å². The number of likely N-dealkylation sites (N-methyl/N-ethyl adjacent to an activating group) is 1. The van der Waals surface area contributed by atoms with E-state index < -0.39 is 0 Å². The summed E-state index contributed by atoms with van der Waals surface area (Å²) in [4.78, 5) is 28.7. The summed E-state index contributed by atoms with van der Waals surface area (Å²) in [6.45, 7) is 9.44. The summed E-state index contributed by atoms with van der Waals surface area (Å²) in [6, 6.07) is 7.65. The number of nitrogens with one attached hydrogen (secondary N) is 1. The molecule has 1 aliphatic rings. The summed E-state index contributed by atoms with van der Waals surface area (Å²) in [7, 11) is 0. The average Bonchev–Trinajstić information content (AvgIpc) is 2.91. The number of hydrogen-bond donors (Lipinski definition) is 1. The number of urea groups is 1. The van der Waals surface area contributed by atoms with Gasteiger partial charge in [-0.1, -0.05) is 36.7 Å². The van der Waals surface area contributed by atoms with E-state index in [1.165, 1.54) is 0 Å². The summed E-state index contributed by atoms with van der Waals surface area (Å²) in [5.41, 5.74) is 0.957. The lowest BCUT2D eigenvalue weighted by Gasteiger charge is -2.29. The van der Waals surface area contributed by atoms with Crippen molar-refractivity contribution in [2.24, 2.45) is 0 Å². The standard InChI is InChI=1S/C19H28ClN3O2S/c1-5-16-17(24)23(12-11-22(6-2)19(25)21-13(3)4)18(26-16)14-9-7-8-10-15(14)20/h7-10,13,16,18H,5-6,11-12H2,1-4H3,(H,21,25)/t16-,18-/m0/s1. The van der Waals surface area contributed by atoms with E-state index >= 15 is 0 Å². The third-order valence-electron chi connectivity index (χ3n) is 4.37. The van der Waals surface area contributed by atoms with E-state index in [-0.39, 0.29) is 28.6 Å². The van der Waals surface area contributed by atoms with Crippen LogP contribution in [0.2, 0.25) is 5.02 Å². The quantitative estimate of drug-likeness (QED) is 0.752. The zero-order chi connectivity index (χ0) is 19.3. The smallest absolute Gasteiger partial charge is 0.317 e. The normalized spacial score (nSPS) is 19.9. The molecule has 2 rings (SSSR count). The van der Waals surface area contributed by atoms with Gasteiger partial charge < -0.3 is 15.1 Å². The van der Waals surface area contributed by atoms with Crippen molar-refractivity contribution in [2.75, 3.05) is 19.6 Å². The van der Waals surface area contributed by atoms with Gasteiger partial charge in [0.25, 0.3) is 0 Å². The number of amides is 3. The fraction of sp³-hybridized carbons (Fsp3) is 0.579. The molecule has 1 saturated heterocycles. The van der Waals surface area contributed by atoms with Crippen LogP contribution in [0.1, 0.15) is 45.1 Å². The first-order chi connectivity index (χ1) is 12.4. The van der Waals surface area contributed by atoms with Crippen LogP contribution in [0.25, 0.3) is 0 Å². The minimum Gasteiger partial charge on any atom is -0.336 e. The predicted octanol–water partition coefficient (Wildman–Crippen LogP) is 4.13. The Morgan fingerprint density at radius 1 is 1.35 bits per heavy atom. The van der Waals surface area contributed by atoms with Gasteiger partial charge in [0.15, 0.2) is 0 Å². The average molecular weight is 398 g/mol. The number of benzene rings is 1. The molecule has 5 nitrogen and oxygen atoms in total. The Hall–Kier alpha value is -1.40. The highest BCUT2D eigenvalue weighted by Crippen LogP contribution is 2.45. The molecule has 3 amide bonds. The summed E-state index contributed by atoms with van der Waals surface area (Å²) < 4.78 is 0. The molecule has 1 heterocycles. The van der Waals surface area contributed by atoms with Crippen molar-refractivity contribution in [2.45, 2.75) is 50.8 Å². The molecule has 0 aliphatic carbocycles. The van der Waals surface area contributed by atoms with E-state index in [9.17, 15) is 9.59 Å². The van der Waals surface area contributed by atoms with Gasteiger partial charge in [0.05, 0.1) is 5.25 Å². The van der Waals surface area contributed by atoms with Gasteiger partial charge >= 0.3 is 6.03 Å². The van der Waals surface area contributed by atoms with Gasteiger partial charge in [-0.2, -0.15) is 0 Å². The molecule has 0 saturated carbocycles. The monoisotopic (exact) mass is 397 g/mol. The lowest BCUT2D eigenvalue weighted by atomic mass is 10.2. The summed E-state index contributed by atoms with van der Waals surface area (Å²) in [5, 5.41) is 3.42. The molecule has 26 heavy (non-hydrogen) atoms. The first-order valence-electron chi connectivity index (χ1n) is 9.14. The van der Waals surface area contributed by atoms with Crippen LogP contribution < -0.4 is 5.32 Å². The minimum atomic E-state index is -0.104. The largest absolute Gasteiger partial charge is 0.336 e. The lowest BCUT2D eigenvalue weighted by molar-refractivity contribution is -0.130. The first kappa shape index (κ1) is 20.9. The molecule has 2 atom stereocenters. The maximum Gasteiger partial charge on any atom is 0.317 e. The Labute approximate surface area is 165 Å². The number of carbonyl (C=O) groups is 2. The van der Waals surface area contributed by atoms with Crippen molar-refractivity contribution in [3.05, 3.63) is 34.9 Å². The molecular formula is C19H28ClN3O2S. The molecule has 0 unspecified atom stereocenters. The Morgan fingerprint density at radius 2 is 2.04 bits per heavy atom. The fourth-order valence-electron chi connectivity index (χ4n) is 2.97. The highest BCUT2D eigenvalue weighted by molar-refractivity contribution is 8.01. The van der Waals surface area contributed by atoms with Crippen LogP contribution in [0, 0.1) is 0 Å². The van der Waals surface area contributed by atoms with E-state index in [0.29, 0.717) is 24.7 Å². The molecule has 0 spiro atoms. The molecular weight excluding hydrogens is 370 g/mol. The number of carbonyl (C=O) groups excluding carboxylic acids is 2. The van der Waals surface area contributed by atoms with Gasteiger partial charge in [0, 0.05) is 36.3 Å². The molecule has 1 aliphatic heterocycles. The predicted molar refractivity (Wildman–Crippen MR) is 108 cm³/mol. The third-order valence-corrected chi connectivity index (χ3v) is 6.34. The molecule has 1 N–H and O–H groups in total. The van der Waals surface area contributed by atoms with Gasteiger partial charge in [-0.05, 0) is 33.3 Å². The maximum absolute atomic E-state index is 12.8. The van der Waals surface area contributed by atoms with Crippen LogP contribution in [0.15, 0.2) is 24.3 Å². The highest BCUT2D eigenvalue weighted by atomic mass is 35.5. The molecule has 1 aromatic carbocycles. The Morgan fingerprint density at radius 3 is 2.62 bits per heavy atom. The second kappa shape index (κ2) is 9.51. The van der Waals surface area contributed by atoms with Crippen LogP contribution in [0.5, 0.6) is 0 Å². The molecule has 0 bridgehead atoms. The van der Waals surface area contributed by atoms with Crippen LogP contribution in [0.4, 0.5) is 4.79 Å². The fourth-order valence-corrected chi connectivity index (χ4v) is 4.74. The Bertz CT molecular complexity index is 641. The Balaban J connectivity index is 2.14.